The maximum Gasteiger partial charge on any atom is 0.335 e. The molecule has 1 saturated heterocycles. The van der Waals surface area contributed by atoms with Crippen LogP contribution in [0.25, 0.3) is 0 Å². The van der Waals surface area contributed by atoms with Crippen molar-refractivity contribution >= 4 is 40.8 Å². The molecule has 0 spiro atoms. The van der Waals surface area contributed by atoms with Crippen LogP contribution < -0.4 is 10.6 Å². The number of rotatable bonds is 3. The molecule has 0 saturated carbocycles. The van der Waals surface area contributed by atoms with Gasteiger partial charge in [0.25, 0.3) is 0 Å². The van der Waals surface area contributed by atoms with Gasteiger partial charge in [0, 0.05) is 0 Å². The van der Waals surface area contributed by atoms with Gasteiger partial charge < -0.3 is 15.7 Å². The van der Waals surface area contributed by atoms with Gasteiger partial charge in [0.15, 0.2) is 0 Å². The number of carbonyl (C=O) groups is 2. The fourth-order valence-corrected chi connectivity index (χ4v) is 2.68. The predicted octanol–water partition coefficient (Wildman–Crippen LogP) is 2.77. The summed E-state index contributed by atoms with van der Waals surface area (Å²) in [5.74, 6) is -1.34. The Bertz CT molecular complexity index is 519. The minimum Gasteiger partial charge on any atom is -0.478 e. The fraction of sp³-hybridized carbons (Fsp3) is 0.385. The minimum absolute atomic E-state index is 0.0196. The quantitative estimate of drug-likeness (QED) is 0.801. The standard InChI is InChI=1S/C13H14Cl2N2O3/c14-8-5-7(13(19)20)6-9(15)11(8)17-12(18)10-3-1-2-4-16-10/h5-6,10,16H,1-4H2,(H,17,18)(H,19,20). The van der Waals surface area contributed by atoms with Gasteiger partial charge in [0.05, 0.1) is 27.3 Å². The first-order chi connectivity index (χ1) is 9.49. The number of piperidine rings is 1. The Hall–Kier alpha value is -1.30. The molecular formula is C13H14Cl2N2O3. The zero-order valence-corrected chi connectivity index (χ0v) is 12.1. The van der Waals surface area contributed by atoms with E-state index in [1.165, 1.54) is 12.1 Å². The van der Waals surface area contributed by atoms with Crippen molar-refractivity contribution in [2.45, 2.75) is 25.3 Å². The molecule has 20 heavy (non-hydrogen) atoms. The first-order valence-corrected chi connectivity index (χ1v) is 7.01. The van der Waals surface area contributed by atoms with Crippen LogP contribution in [-0.4, -0.2) is 29.6 Å². The van der Waals surface area contributed by atoms with Gasteiger partial charge in [-0.1, -0.05) is 29.6 Å². The Kier molecular flexibility index (Phi) is 4.86. The van der Waals surface area contributed by atoms with Crippen LogP contribution in [0.5, 0.6) is 0 Å². The normalized spacial score (nSPS) is 18.6. The third-order valence-corrected chi connectivity index (χ3v) is 3.76. The molecule has 0 bridgehead atoms. The van der Waals surface area contributed by atoms with Crippen molar-refractivity contribution in [2.24, 2.45) is 0 Å². The first kappa shape index (κ1) is 15.1. The Morgan fingerprint density at radius 1 is 1.25 bits per heavy atom. The molecule has 1 aromatic rings. The van der Waals surface area contributed by atoms with Crippen molar-refractivity contribution in [3.8, 4) is 0 Å². The average molecular weight is 317 g/mol. The monoisotopic (exact) mass is 316 g/mol. The third kappa shape index (κ3) is 3.42. The molecule has 1 aromatic carbocycles. The Labute approximate surface area is 126 Å². The molecule has 1 amide bonds. The number of hydrogen-bond donors (Lipinski definition) is 3. The topological polar surface area (TPSA) is 78.4 Å². The molecule has 1 heterocycles. The number of aromatic carboxylic acids is 1. The molecule has 2 rings (SSSR count). The number of nitrogens with one attached hydrogen (secondary N) is 2. The van der Waals surface area contributed by atoms with E-state index >= 15 is 0 Å². The first-order valence-electron chi connectivity index (χ1n) is 6.25. The number of carboxylic acids is 1. The van der Waals surface area contributed by atoms with Gasteiger partial charge in [-0.15, -0.1) is 0 Å². The molecule has 3 N–H and O–H groups in total. The molecule has 0 aliphatic carbocycles. The van der Waals surface area contributed by atoms with Crippen LogP contribution in [0.1, 0.15) is 29.6 Å². The Morgan fingerprint density at radius 2 is 1.90 bits per heavy atom. The van der Waals surface area contributed by atoms with E-state index in [0.717, 1.165) is 25.8 Å². The lowest BCUT2D eigenvalue weighted by Crippen LogP contribution is -2.43. The van der Waals surface area contributed by atoms with Crippen molar-refractivity contribution in [3.05, 3.63) is 27.7 Å². The van der Waals surface area contributed by atoms with E-state index in [9.17, 15) is 9.59 Å². The minimum atomic E-state index is -1.12. The van der Waals surface area contributed by atoms with E-state index in [4.69, 9.17) is 28.3 Å². The number of carbonyl (C=O) groups excluding carboxylic acids is 1. The lowest BCUT2D eigenvalue weighted by molar-refractivity contribution is -0.118. The van der Waals surface area contributed by atoms with E-state index in [-0.39, 0.29) is 33.2 Å². The van der Waals surface area contributed by atoms with Crippen molar-refractivity contribution in [1.29, 1.82) is 0 Å². The average Bonchev–Trinajstić information content (AvgIpc) is 2.43. The molecule has 0 radical (unpaired) electrons. The van der Waals surface area contributed by atoms with Crippen LogP contribution in [0.15, 0.2) is 12.1 Å². The molecule has 7 heteroatoms. The second kappa shape index (κ2) is 6.43. The van der Waals surface area contributed by atoms with Crippen molar-refractivity contribution < 1.29 is 14.7 Å². The summed E-state index contributed by atoms with van der Waals surface area (Å²) in [4.78, 5) is 23.0. The smallest absolute Gasteiger partial charge is 0.335 e. The summed E-state index contributed by atoms with van der Waals surface area (Å²) >= 11 is 12.0. The number of anilines is 1. The van der Waals surface area contributed by atoms with Crippen LogP contribution in [0.2, 0.25) is 10.0 Å². The summed E-state index contributed by atoms with van der Waals surface area (Å²) in [6.45, 7) is 0.803. The number of benzene rings is 1. The fourth-order valence-electron chi connectivity index (χ4n) is 2.10. The van der Waals surface area contributed by atoms with Gasteiger partial charge in [-0.3, -0.25) is 4.79 Å². The van der Waals surface area contributed by atoms with Gasteiger partial charge in [-0.05, 0) is 31.5 Å². The van der Waals surface area contributed by atoms with Gasteiger partial charge in [-0.2, -0.15) is 0 Å². The van der Waals surface area contributed by atoms with Crippen LogP contribution in [-0.2, 0) is 4.79 Å². The van der Waals surface area contributed by atoms with Crippen molar-refractivity contribution in [1.82, 2.24) is 5.32 Å². The van der Waals surface area contributed by atoms with E-state index in [1.54, 1.807) is 0 Å². The molecule has 1 aliphatic rings. The van der Waals surface area contributed by atoms with Crippen LogP contribution in [0.4, 0.5) is 5.69 Å². The zero-order chi connectivity index (χ0) is 14.7. The third-order valence-electron chi connectivity index (χ3n) is 3.16. The van der Waals surface area contributed by atoms with E-state index in [1.807, 2.05) is 0 Å². The predicted molar refractivity (Wildman–Crippen MR) is 77.7 cm³/mol. The van der Waals surface area contributed by atoms with Crippen molar-refractivity contribution in [2.75, 3.05) is 11.9 Å². The highest BCUT2D eigenvalue weighted by atomic mass is 35.5. The van der Waals surface area contributed by atoms with Crippen LogP contribution in [0, 0.1) is 0 Å². The molecule has 1 aliphatic heterocycles. The molecule has 0 aromatic heterocycles. The summed E-state index contributed by atoms with van der Waals surface area (Å²) in [5.41, 5.74) is 0.226. The number of amides is 1. The Balaban J connectivity index is 2.16. The maximum absolute atomic E-state index is 12.1. The summed E-state index contributed by atoms with van der Waals surface area (Å²) < 4.78 is 0. The van der Waals surface area contributed by atoms with E-state index in [2.05, 4.69) is 10.6 Å². The molecule has 5 nitrogen and oxygen atoms in total. The van der Waals surface area contributed by atoms with E-state index in [0.29, 0.717) is 0 Å². The van der Waals surface area contributed by atoms with Crippen molar-refractivity contribution in [3.63, 3.8) is 0 Å². The SMILES string of the molecule is O=C(O)c1cc(Cl)c(NC(=O)C2CCCCN2)c(Cl)c1. The van der Waals surface area contributed by atoms with Crippen LogP contribution in [0.3, 0.4) is 0 Å². The largest absolute Gasteiger partial charge is 0.478 e. The van der Waals surface area contributed by atoms with Gasteiger partial charge in [0.1, 0.15) is 0 Å². The summed E-state index contributed by atoms with van der Waals surface area (Å²) in [7, 11) is 0. The van der Waals surface area contributed by atoms with Gasteiger partial charge in [-0.25, -0.2) is 4.79 Å². The summed E-state index contributed by atoms with van der Waals surface area (Å²) in [6.07, 6.45) is 2.80. The van der Waals surface area contributed by atoms with Gasteiger partial charge >= 0.3 is 5.97 Å². The number of carboxylic acid groups (broad SMARTS) is 1. The molecule has 1 atom stereocenters. The van der Waals surface area contributed by atoms with E-state index < -0.39 is 5.97 Å². The maximum atomic E-state index is 12.1. The lowest BCUT2D eigenvalue weighted by Gasteiger charge is -2.23. The van der Waals surface area contributed by atoms with Gasteiger partial charge in [0.2, 0.25) is 5.91 Å². The zero-order valence-electron chi connectivity index (χ0n) is 10.6. The second-order valence-electron chi connectivity index (χ2n) is 4.61. The molecular weight excluding hydrogens is 303 g/mol. The Morgan fingerprint density at radius 3 is 2.40 bits per heavy atom. The summed E-state index contributed by atoms with van der Waals surface area (Å²) in [6, 6.07) is 2.26. The lowest BCUT2D eigenvalue weighted by atomic mass is 10.0. The molecule has 108 valence electrons. The molecule has 1 fully saturated rings. The second-order valence-corrected chi connectivity index (χ2v) is 5.43. The highest BCUT2D eigenvalue weighted by molar-refractivity contribution is 6.40. The highest BCUT2D eigenvalue weighted by Gasteiger charge is 2.22. The summed E-state index contributed by atoms with van der Waals surface area (Å²) in [5, 5.41) is 14.9. The highest BCUT2D eigenvalue weighted by Crippen LogP contribution is 2.32. The van der Waals surface area contributed by atoms with Crippen LogP contribution >= 0.6 is 23.2 Å². The molecule has 1 unspecified atom stereocenters. The number of hydrogen-bond acceptors (Lipinski definition) is 3. The number of halogens is 2.